The maximum Gasteiger partial charge on any atom is 0.272 e. The quantitative estimate of drug-likeness (QED) is 0.926. The van der Waals surface area contributed by atoms with E-state index in [0.717, 1.165) is 29.6 Å². The number of imidazole rings is 1. The molecule has 2 aromatic rings. The molecule has 0 saturated carbocycles. The molecule has 1 saturated heterocycles. The van der Waals surface area contributed by atoms with E-state index in [9.17, 15) is 4.79 Å². The van der Waals surface area contributed by atoms with Gasteiger partial charge in [-0.05, 0) is 31.2 Å². The smallest absolute Gasteiger partial charge is 0.272 e. The lowest BCUT2D eigenvalue weighted by Crippen LogP contribution is -2.48. The van der Waals surface area contributed by atoms with E-state index in [-0.39, 0.29) is 5.91 Å². The first-order chi connectivity index (χ1) is 10.1. The summed E-state index contributed by atoms with van der Waals surface area (Å²) in [7, 11) is 0. The fourth-order valence-corrected chi connectivity index (χ4v) is 2.65. The molecule has 1 amide bonds. The predicted molar refractivity (Wildman–Crippen MR) is 82.9 cm³/mol. The molecule has 110 valence electrons. The van der Waals surface area contributed by atoms with E-state index in [1.165, 1.54) is 0 Å². The van der Waals surface area contributed by atoms with Crippen LogP contribution in [0.2, 0.25) is 5.02 Å². The van der Waals surface area contributed by atoms with E-state index in [2.05, 4.69) is 14.9 Å². The number of aromatic amines is 1. The molecular formula is C15H17ClN4O. The molecule has 1 fully saturated rings. The first kappa shape index (κ1) is 13.9. The van der Waals surface area contributed by atoms with Gasteiger partial charge in [0.15, 0.2) is 0 Å². The fraction of sp³-hybridized carbons (Fsp3) is 0.333. The number of H-pyrrole nitrogens is 1. The van der Waals surface area contributed by atoms with Gasteiger partial charge in [-0.2, -0.15) is 0 Å². The van der Waals surface area contributed by atoms with Crippen LogP contribution in [0, 0.1) is 6.92 Å². The number of aromatic nitrogens is 2. The van der Waals surface area contributed by atoms with Gasteiger partial charge in [-0.25, -0.2) is 4.98 Å². The Morgan fingerprint density at radius 3 is 2.43 bits per heavy atom. The number of anilines is 1. The minimum absolute atomic E-state index is 0.0198. The van der Waals surface area contributed by atoms with Crippen LogP contribution in [0.5, 0.6) is 0 Å². The number of carbonyl (C=O) groups is 1. The van der Waals surface area contributed by atoms with E-state index in [4.69, 9.17) is 11.6 Å². The van der Waals surface area contributed by atoms with Crippen LogP contribution >= 0.6 is 11.6 Å². The van der Waals surface area contributed by atoms with Crippen molar-refractivity contribution in [1.29, 1.82) is 0 Å². The summed E-state index contributed by atoms with van der Waals surface area (Å²) in [6, 6.07) is 7.81. The van der Waals surface area contributed by atoms with Crippen LogP contribution in [0.25, 0.3) is 0 Å². The third kappa shape index (κ3) is 3.03. The zero-order valence-electron chi connectivity index (χ0n) is 11.8. The number of nitrogens with one attached hydrogen (secondary N) is 1. The third-order valence-electron chi connectivity index (χ3n) is 3.69. The normalized spacial score (nSPS) is 15.3. The molecule has 1 aliphatic rings. The topological polar surface area (TPSA) is 52.2 Å². The Morgan fingerprint density at radius 2 is 1.86 bits per heavy atom. The van der Waals surface area contributed by atoms with Gasteiger partial charge in [0.05, 0.1) is 6.20 Å². The Balaban J connectivity index is 1.62. The minimum Gasteiger partial charge on any atom is -0.368 e. The largest absolute Gasteiger partial charge is 0.368 e. The first-order valence-corrected chi connectivity index (χ1v) is 7.33. The second kappa shape index (κ2) is 5.77. The van der Waals surface area contributed by atoms with Crippen LogP contribution in [0.15, 0.2) is 30.5 Å². The number of benzene rings is 1. The summed E-state index contributed by atoms with van der Waals surface area (Å²) >= 11 is 5.90. The first-order valence-electron chi connectivity index (χ1n) is 6.95. The van der Waals surface area contributed by atoms with Gasteiger partial charge in [0.2, 0.25) is 0 Å². The molecule has 3 rings (SSSR count). The van der Waals surface area contributed by atoms with Crippen molar-refractivity contribution in [3.63, 3.8) is 0 Å². The molecule has 0 atom stereocenters. The van der Waals surface area contributed by atoms with Crippen molar-refractivity contribution in [2.75, 3.05) is 31.1 Å². The molecule has 1 aliphatic heterocycles. The SMILES string of the molecule is Cc1ncc(C(=O)N2CCN(c3ccc(Cl)cc3)CC2)[nH]1. The average molecular weight is 305 g/mol. The highest BCUT2D eigenvalue weighted by Gasteiger charge is 2.23. The zero-order chi connectivity index (χ0) is 14.8. The highest BCUT2D eigenvalue weighted by Crippen LogP contribution is 2.19. The van der Waals surface area contributed by atoms with Gasteiger partial charge in [0.25, 0.3) is 5.91 Å². The van der Waals surface area contributed by atoms with E-state index in [1.54, 1.807) is 6.20 Å². The molecule has 2 heterocycles. The van der Waals surface area contributed by atoms with Gasteiger partial charge in [0, 0.05) is 36.9 Å². The number of hydrogen-bond acceptors (Lipinski definition) is 3. The number of aryl methyl sites for hydroxylation is 1. The van der Waals surface area contributed by atoms with Gasteiger partial charge < -0.3 is 14.8 Å². The number of amides is 1. The Kier molecular flexibility index (Phi) is 3.84. The van der Waals surface area contributed by atoms with E-state index >= 15 is 0 Å². The molecule has 0 aliphatic carbocycles. The Bertz CT molecular complexity index is 629. The van der Waals surface area contributed by atoms with Crippen molar-refractivity contribution >= 4 is 23.2 Å². The van der Waals surface area contributed by atoms with Crippen molar-refractivity contribution in [3.8, 4) is 0 Å². The van der Waals surface area contributed by atoms with Crippen molar-refractivity contribution in [3.05, 3.63) is 47.0 Å². The summed E-state index contributed by atoms with van der Waals surface area (Å²) in [6.45, 7) is 4.90. The van der Waals surface area contributed by atoms with Crippen LogP contribution < -0.4 is 4.90 Å². The Labute approximate surface area is 128 Å². The molecule has 1 aromatic carbocycles. The number of rotatable bonds is 2. The average Bonchev–Trinajstić information content (AvgIpc) is 2.94. The highest BCUT2D eigenvalue weighted by molar-refractivity contribution is 6.30. The van der Waals surface area contributed by atoms with Gasteiger partial charge in [-0.1, -0.05) is 11.6 Å². The maximum absolute atomic E-state index is 12.3. The minimum atomic E-state index is 0.0198. The number of piperazine rings is 1. The third-order valence-corrected chi connectivity index (χ3v) is 3.94. The zero-order valence-corrected chi connectivity index (χ0v) is 12.6. The van der Waals surface area contributed by atoms with Crippen molar-refractivity contribution in [2.45, 2.75) is 6.92 Å². The molecule has 0 spiro atoms. The fourth-order valence-electron chi connectivity index (χ4n) is 2.52. The van der Waals surface area contributed by atoms with Crippen LogP contribution in [0.1, 0.15) is 16.3 Å². The molecule has 1 N–H and O–H groups in total. The lowest BCUT2D eigenvalue weighted by Gasteiger charge is -2.35. The van der Waals surface area contributed by atoms with Crippen molar-refractivity contribution in [2.24, 2.45) is 0 Å². The Hall–Kier alpha value is -2.01. The summed E-state index contributed by atoms with van der Waals surface area (Å²) in [4.78, 5) is 23.5. The second-order valence-electron chi connectivity index (χ2n) is 5.14. The van der Waals surface area contributed by atoms with E-state index < -0.39 is 0 Å². The van der Waals surface area contributed by atoms with Crippen molar-refractivity contribution in [1.82, 2.24) is 14.9 Å². The number of halogens is 1. The number of nitrogens with zero attached hydrogens (tertiary/aromatic N) is 3. The van der Waals surface area contributed by atoms with E-state index in [1.807, 2.05) is 36.1 Å². The molecular weight excluding hydrogens is 288 g/mol. The summed E-state index contributed by atoms with van der Waals surface area (Å²) < 4.78 is 0. The molecule has 5 nitrogen and oxygen atoms in total. The maximum atomic E-state index is 12.3. The van der Waals surface area contributed by atoms with Gasteiger partial charge >= 0.3 is 0 Å². The lowest BCUT2D eigenvalue weighted by atomic mass is 10.2. The summed E-state index contributed by atoms with van der Waals surface area (Å²) in [6.07, 6.45) is 1.60. The number of carbonyl (C=O) groups excluding carboxylic acids is 1. The van der Waals surface area contributed by atoms with Gasteiger partial charge in [-0.3, -0.25) is 4.79 Å². The summed E-state index contributed by atoms with van der Waals surface area (Å²) in [5, 5.41) is 0.738. The lowest BCUT2D eigenvalue weighted by molar-refractivity contribution is 0.0741. The molecule has 21 heavy (non-hydrogen) atoms. The predicted octanol–water partition coefficient (Wildman–Crippen LogP) is 2.33. The van der Waals surface area contributed by atoms with E-state index in [0.29, 0.717) is 18.8 Å². The Morgan fingerprint density at radius 1 is 1.19 bits per heavy atom. The molecule has 0 unspecified atom stereocenters. The van der Waals surface area contributed by atoms with Crippen LogP contribution in [0.3, 0.4) is 0 Å². The second-order valence-corrected chi connectivity index (χ2v) is 5.57. The molecule has 6 heteroatoms. The molecule has 0 bridgehead atoms. The summed E-state index contributed by atoms with van der Waals surface area (Å²) in [5.41, 5.74) is 1.70. The van der Waals surface area contributed by atoms with Crippen LogP contribution in [0.4, 0.5) is 5.69 Å². The standard InChI is InChI=1S/C15H17ClN4O/c1-11-17-10-14(18-11)15(21)20-8-6-19(7-9-20)13-4-2-12(16)3-5-13/h2-5,10H,6-9H2,1H3,(H,17,18). The van der Waals surface area contributed by atoms with Crippen LogP contribution in [-0.4, -0.2) is 47.0 Å². The highest BCUT2D eigenvalue weighted by atomic mass is 35.5. The van der Waals surface area contributed by atoms with Crippen molar-refractivity contribution < 1.29 is 4.79 Å². The monoisotopic (exact) mass is 304 g/mol. The molecule has 0 radical (unpaired) electrons. The van der Waals surface area contributed by atoms with Gasteiger partial charge in [-0.15, -0.1) is 0 Å². The van der Waals surface area contributed by atoms with Crippen LogP contribution in [-0.2, 0) is 0 Å². The summed E-state index contributed by atoms with van der Waals surface area (Å²) in [5.74, 6) is 0.782. The molecule has 1 aromatic heterocycles. The number of hydrogen-bond donors (Lipinski definition) is 1. The van der Waals surface area contributed by atoms with Gasteiger partial charge in [0.1, 0.15) is 11.5 Å².